The summed E-state index contributed by atoms with van der Waals surface area (Å²) >= 11 is 0. The number of nitrogens with zero attached hydrogens (tertiary/aromatic N) is 2. The molecule has 0 amide bonds. The van der Waals surface area contributed by atoms with Crippen molar-refractivity contribution in [3.05, 3.63) is 23.8 Å². The third kappa shape index (κ3) is 1.76. The van der Waals surface area contributed by atoms with Crippen LogP contribution in [0.15, 0.2) is 22.6 Å². The van der Waals surface area contributed by atoms with Gasteiger partial charge in [0.1, 0.15) is 0 Å². The Morgan fingerprint density at radius 2 is 2.13 bits per heavy atom. The number of aromatic nitrogens is 2. The maximum absolute atomic E-state index is 5.78. The lowest BCUT2D eigenvalue weighted by Gasteiger charge is -2.00. The Kier molecular flexibility index (Phi) is 2.29. The maximum atomic E-state index is 5.78. The Balaban J connectivity index is 2.40. The largest absolute Gasteiger partial charge is 0.452 e. The van der Waals surface area contributed by atoms with Crippen molar-refractivity contribution in [2.45, 2.75) is 6.92 Å². The molecule has 5 nitrogen and oxygen atoms in total. The summed E-state index contributed by atoms with van der Waals surface area (Å²) in [6.07, 6.45) is 0.143. The van der Waals surface area contributed by atoms with E-state index < -0.39 is 0 Å². The minimum absolute atomic E-state index is 0.143. The van der Waals surface area contributed by atoms with Crippen molar-refractivity contribution in [2.75, 3.05) is 12.8 Å². The topological polar surface area (TPSA) is 74.2 Å². The summed E-state index contributed by atoms with van der Waals surface area (Å²) in [5.41, 5.74) is 8.28. The Morgan fingerprint density at radius 3 is 2.73 bits per heavy atom. The van der Waals surface area contributed by atoms with E-state index in [4.69, 9.17) is 14.9 Å². The van der Waals surface area contributed by atoms with Gasteiger partial charge in [0.05, 0.1) is 7.11 Å². The third-order valence-electron chi connectivity index (χ3n) is 2.11. The van der Waals surface area contributed by atoms with E-state index in [9.17, 15) is 0 Å². The van der Waals surface area contributed by atoms with Crippen LogP contribution in [-0.2, 0) is 0 Å². The summed E-state index contributed by atoms with van der Waals surface area (Å²) in [6, 6.07) is 5.57. The van der Waals surface area contributed by atoms with E-state index in [1.54, 1.807) is 6.07 Å². The van der Waals surface area contributed by atoms with Gasteiger partial charge in [-0.25, -0.2) is 0 Å². The number of benzene rings is 1. The number of ether oxygens (including phenoxy) is 1. The fourth-order valence-corrected chi connectivity index (χ4v) is 1.18. The smallest absolute Gasteiger partial charge is 0.414 e. The van der Waals surface area contributed by atoms with Crippen LogP contribution < -0.4 is 10.5 Å². The van der Waals surface area contributed by atoms with Gasteiger partial charge in [-0.1, -0.05) is 11.2 Å². The van der Waals surface area contributed by atoms with Gasteiger partial charge >= 0.3 is 6.08 Å². The highest BCUT2D eigenvalue weighted by molar-refractivity contribution is 5.62. The number of methoxy groups -OCH3 is 1. The second-order valence-corrected chi connectivity index (χ2v) is 3.15. The molecule has 78 valence electrons. The van der Waals surface area contributed by atoms with Crippen LogP contribution in [0.5, 0.6) is 6.08 Å². The van der Waals surface area contributed by atoms with Gasteiger partial charge in [-0.15, -0.1) is 5.10 Å². The van der Waals surface area contributed by atoms with Crippen molar-refractivity contribution in [3.8, 4) is 17.5 Å². The quantitative estimate of drug-likeness (QED) is 0.754. The number of nitrogen functional groups attached to an aromatic ring is 1. The molecular weight excluding hydrogens is 194 g/mol. The molecule has 0 unspecified atom stereocenters. The number of rotatable bonds is 2. The number of nitrogens with two attached hydrogens (primary N) is 1. The van der Waals surface area contributed by atoms with Gasteiger partial charge in [-0.3, -0.25) is 0 Å². The lowest BCUT2D eigenvalue weighted by atomic mass is 10.1. The summed E-state index contributed by atoms with van der Waals surface area (Å²) in [5.74, 6) is 0.401. The fraction of sp³-hybridized carbons (Fsp3) is 0.200. The first kappa shape index (κ1) is 9.51. The molecule has 2 aromatic rings. The van der Waals surface area contributed by atoms with E-state index in [1.807, 2.05) is 19.1 Å². The Morgan fingerprint density at radius 1 is 1.33 bits per heavy atom. The van der Waals surface area contributed by atoms with E-state index in [-0.39, 0.29) is 6.08 Å². The zero-order valence-corrected chi connectivity index (χ0v) is 8.52. The molecule has 0 bridgehead atoms. The van der Waals surface area contributed by atoms with Gasteiger partial charge in [0, 0.05) is 11.3 Å². The molecule has 0 radical (unpaired) electrons. The molecule has 5 heteroatoms. The van der Waals surface area contributed by atoms with Crippen molar-refractivity contribution in [3.63, 3.8) is 0 Å². The zero-order valence-electron chi connectivity index (χ0n) is 8.52. The van der Waals surface area contributed by atoms with E-state index >= 15 is 0 Å². The minimum Gasteiger partial charge on any atom is -0.452 e. The lowest BCUT2D eigenvalue weighted by molar-refractivity contribution is 0.293. The summed E-state index contributed by atoms with van der Waals surface area (Å²) in [4.78, 5) is 0. The first-order valence-electron chi connectivity index (χ1n) is 4.44. The van der Waals surface area contributed by atoms with E-state index in [2.05, 4.69) is 10.2 Å². The Labute approximate surface area is 86.9 Å². The molecule has 1 heterocycles. The molecule has 15 heavy (non-hydrogen) atoms. The van der Waals surface area contributed by atoms with E-state index in [0.717, 1.165) is 11.1 Å². The van der Waals surface area contributed by atoms with Crippen molar-refractivity contribution >= 4 is 5.69 Å². The average Bonchev–Trinajstić information content (AvgIpc) is 2.70. The van der Waals surface area contributed by atoms with Crippen molar-refractivity contribution < 1.29 is 9.15 Å². The Bertz CT molecular complexity index is 479. The number of hydrogen-bond donors (Lipinski definition) is 1. The summed E-state index contributed by atoms with van der Waals surface area (Å²) in [7, 11) is 1.47. The average molecular weight is 205 g/mol. The Hall–Kier alpha value is -2.04. The van der Waals surface area contributed by atoms with Crippen LogP contribution in [0, 0.1) is 6.92 Å². The van der Waals surface area contributed by atoms with Crippen LogP contribution in [0.25, 0.3) is 11.5 Å². The standard InChI is InChI=1S/C10H11N3O2/c1-6-3-4-7(5-8(6)11)9-12-13-10(14-2)15-9/h3-5H,11H2,1-2H3. The van der Waals surface area contributed by atoms with Crippen LogP contribution in [0.1, 0.15) is 5.56 Å². The number of hydrogen-bond acceptors (Lipinski definition) is 5. The number of anilines is 1. The molecule has 2 N–H and O–H groups in total. The SMILES string of the molecule is COc1nnc(-c2ccc(C)c(N)c2)o1. The molecule has 0 atom stereocenters. The minimum atomic E-state index is 0.143. The maximum Gasteiger partial charge on any atom is 0.414 e. The molecule has 0 aliphatic carbocycles. The molecule has 0 aliphatic rings. The molecule has 2 rings (SSSR count). The summed E-state index contributed by atoms with van der Waals surface area (Å²) in [6.45, 7) is 1.94. The first-order chi connectivity index (χ1) is 7.20. The van der Waals surface area contributed by atoms with E-state index in [1.165, 1.54) is 7.11 Å². The van der Waals surface area contributed by atoms with Gasteiger partial charge in [0.15, 0.2) is 0 Å². The fourth-order valence-electron chi connectivity index (χ4n) is 1.18. The molecule has 0 spiro atoms. The van der Waals surface area contributed by atoms with Crippen LogP contribution in [0.4, 0.5) is 5.69 Å². The molecule has 1 aromatic carbocycles. The van der Waals surface area contributed by atoms with Crippen molar-refractivity contribution in [1.82, 2.24) is 10.2 Å². The van der Waals surface area contributed by atoms with Crippen molar-refractivity contribution in [2.24, 2.45) is 0 Å². The summed E-state index contributed by atoms with van der Waals surface area (Å²) < 4.78 is 10.0. The van der Waals surface area contributed by atoms with Crippen molar-refractivity contribution in [1.29, 1.82) is 0 Å². The second kappa shape index (κ2) is 3.61. The van der Waals surface area contributed by atoms with Crippen LogP contribution in [-0.4, -0.2) is 17.3 Å². The highest BCUT2D eigenvalue weighted by Gasteiger charge is 2.08. The first-order valence-corrected chi connectivity index (χ1v) is 4.44. The number of aryl methyl sites for hydroxylation is 1. The van der Waals surface area contributed by atoms with E-state index in [0.29, 0.717) is 11.6 Å². The molecule has 1 aromatic heterocycles. The highest BCUT2D eigenvalue weighted by atomic mass is 16.6. The molecule has 0 saturated carbocycles. The lowest BCUT2D eigenvalue weighted by Crippen LogP contribution is -1.89. The monoisotopic (exact) mass is 205 g/mol. The molecule has 0 aliphatic heterocycles. The van der Waals surface area contributed by atoms with Gasteiger partial charge < -0.3 is 14.9 Å². The van der Waals surface area contributed by atoms with Crippen LogP contribution >= 0.6 is 0 Å². The van der Waals surface area contributed by atoms with Crippen LogP contribution in [0.2, 0.25) is 0 Å². The third-order valence-corrected chi connectivity index (χ3v) is 2.11. The second-order valence-electron chi connectivity index (χ2n) is 3.15. The normalized spacial score (nSPS) is 10.3. The zero-order chi connectivity index (χ0) is 10.8. The molecule has 0 saturated heterocycles. The molecule has 0 fully saturated rings. The van der Waals surface area contributed by atoms with Gasteiger partial charge in [0.2, 0.25) is 0 Å². The predicted molar refractivity (Wildman–Crippen MR) is 55.4 cm³/mol. The molecular formula is C10H11N3O2. The van der Waals surface area contributed by atoms with Gasteiger partial charge in [0.25, 0.3) is 5.89 Å². The predicted octanol–water partition coefficient (Wildman–Crippen LogP) is 1.64. The summed E-state index contributed by atoms with van der Waals surface area (Å²) in [5, 5.41) is 7.51. The van der Waals surface area contributed by atoms with Crippen LogP contribution in [0.3, 0.4) is 0 Å². The highest BCUT2D eigenvalue weighted by Crippen LogP contribution is 2.24. The van der Waals surface area contributed by atoms with Gasteiger partial charge in [-0.2, -0.15) is 0 Å². The van der Waals surface area contributed by atoms with Gasteiger partial charge in [-0.05, 0) is 24.6 Å².